The molecule has 0 aliphatic carbocycles. The van der Waals surface area contributed by atoms with Crippen LogP contribution in [-0.2, 0) is 6.42 Å². The molecule has 0 amide bonds. The first kappa shape index (κ1) is 11.4. The van der Waals surface area contributed by atoms with E-state index in [2.05, 4.69) is 11.1 Å². The zero-order valence-corrected chi connectivity index (χ0v) is 10.8. The molecule has 1 atom stereocenters. The van der Waals surface area contributed by atoms with Gasteiger partial charge in [0, 0.05) is 23.4 Å². The molecule has 0 spiro atoms. The van der Waals surface area contributed by atoms with E-state index in [-0.39, 0.29) is 0 Å². The molecule has 0 fully saturated rings. The Labute approximate surface area is 109 Å². The summed E-state index contributed by atoms with van der Waals surface area (Å²) in [5.74, 6) is 0.603. The molecule has 0 bridgehead atoms. The maximum absolute atomic E-state index is 10.1. The lowest BCUT2D eigenvalue weighted by atomic mass is 10.1. The van der Waals surface area contributed by atoms with E-state index < -0.39 is 6.10 Å². The highest BCUT2D eigenvalue weighted by molar-refractivity contribution is 7.09. The van der Waals surface area contributed by atoms with Crippen molar-refractivity contribution in [3.05, 3.63) is 52.2 Å². The van der Waals surface area contributed by atoms with Gasteiger partial charge in [0.25, 0.3) is 0 Å². The number of furan rings is 1. The van der Waals surface area contributed by atoms with Gasteiger partial charge >= 0.3 is 0 Å². The Morgan fingerprint density at radius 2 is 2.28 bits per heavy atom. The summed E-state index contributed by atoms with van der Waals surface area (Å²) < 4.78 is 5.66. The molecule has 3 aromatic rings. The summed E-state index contributed by atoms with van der Waals surface area (Å²) in [6.45, 7) is 2.04. The molecule has 2 aromatic heterocycles. The summed E-state index contributed by atoms with van der Waals surface area (Å²) >= 11 is 1.54. The molecule has 18 heavy (non-hydrogen) atoms. The predicted molar refractivity (Wildman–Crippen MR) is 71.7 cm³/mol. The number of benzene rings is 1. The molecule has 4 heteroatoms. The largest absolute Gasteiger partial charge is 0.458 e. The SMILES string of the molecule is Cc1ccc2oc(C(O)Cc3nccs3)cc2c1. The van der Waals surface area contributed by atoms with Crippen LogP contribution in [0.5, 0.6) is 0 Å². The molecule has 1 N–H and O–H groups in total. The van der Waals surface area contributed by atoms with Crippen molar-refractivity contribution < 1.29 is 9.52 Å². The molecule has 0 saturated heterocycles. The molecule has 92 valence electrons. The lowest BCUT2D eigenvalue weighted by Crippen LogP contribution is -1.99. The number of hydrogen-bond acceptors (Lipinski definition) is 4. The van der Waals surface area contributed by atoms with E-state index >= 15 is 0 Å². The number of fused-ring (bicyclic) bond motifs is 1. The van der Waals surface area contributed by atoms with E-state index in [1.807, 2.05) is 30.5 Å². The second-order valence-corrected chi connectivity index (χ2v) is 5.31. The maximum Gasteiger partial charge on any atom is 0.134 e. The lowest BCUT2D eigenvalue weighted by Gasteiger charge is -2.04. The van der Waals surface area contributed by atoms with Gasteiger partial charge in [0.05, 0.1) is 5.01 Å². The van der Waals surface area contributed by atoms with E-state index in [9.17, 15) is 5.11 Å². The first-order chi connectivity index (χ1) is 8.72. The average Bonchev–Trinajstić information content (AvgIpc) is 2.96. The average molecular weight is 259 g/mol. The van der Waals surface area contributed by atoms with Gasteiger partial charge in [0.1, 0.15) is 17.4 Å². The molecule has 1 aromatic carbocycles. The molecule has 0 radical (unpaired) electrons. The number of aromatic nitrogens is 1. The van der Waals surface area contributed by atoms with Crippen LogP contribution >= 0.6 is 11.3 Å². The van der Waals surface area contributed by atoms with Gasteiger partial charge < -0.3 is 9.52 Å². The van der Waals surface area contributed by atoms with Crippen LogP contribution in [0.1, 0.15) is 22.4 Å². The number of thiazole rings is 1. The Kier molecular flexibility index (Phi) is 2.89. The van der Waals surface area contributed by atoms with Gasteiger partial charge in [-0.2, -0.15) is 0 Å². The third kappa shape index (κ3) is 2.17. The molecule has 3 rings (SSSR count). The van der Waals surface area contributed by atoms with Crippen LogP contribution in [0.15, 0.2) is 40.3 Å². The van der Waals surface area contributed by atoms with E-state index in [1.165, 1.54) is 5.56 Å². The standard InChI is InChI=1S/C14H13NO2S/c1-9-2-3-12-10(6-9)7-13(17-12)11(16)8-14-15-4-5-18-14/h2-7,11,16H,8H2,1H3. The Balaban J connectivity index is 1.89. The number of rotatable bonds is 3. The lowest BCUT2D eigenvalue weighted by molar-refractivity contribution is 0.152. The fraction of sp³-hybridized carbons (Fsp3) is 0.214. The van der Waals surface area contributed by atoms with Crippen LogP contribution in [0.2, 0.25) is 0 Å². The first-order valence-corrected chi connectivity index (χ1v) is 6.67. The Hall–Kier alpha value is -1.65. The highest BCUT2D eigenvalue weighted by Gasteiger charge is 2.15. The smallest absolute Gasteiger partial charge is 0.134 e. The summed E-state index contributed by atoms with van der Waals surface area (Å²) in [7, 11) is 0. The Bertz CT molecular complexity index is 658. The third-order valence-corrected chi connectivity index (χ3v) is 3.67. The number of aliphatic hydroxyl groups is 1. The molecule has 2 heterocycles. The van der Waals surface area contributed by atoms with Gasteiger partial charge in [-0.3, -0.25) is 0 Å². The van der Waals surface area contributed by atoms with Gasteiger partial charge in [-0.05, 0) is 25.1 Å². The summed E-state index contributed by atoms with van der Waals surface area (Å²) in [4.78, 5) is 4.17. The highest BCUT2D eigenvalue weighted by Crippen LogP contribution is 2.27. The molecule has 0 aliphatic heterocycles. The number of nitrogens with zero attached hydrogens (tertiary/aromatic N) is 1. The molecule has 0 aliphatic rings. The van der Waals surface area contributed by atoms with Crippen molar-refractivity contribution >= 4 is 22.3 Å². The second kappa shape index (κ2) is 4.55. The summed E-state index contributed by atoms with van der Waals surface area (Å²) in [5.41, 5.74) is 2.00. The van der Waals surface area contributed by atoms with Crippen molar-refractivity contribution in [1.29, 1.82) is 0 Å². The number of hydrogen-bond donors (Lipinski definition) is 1. The highest BCUT2D eigenvalue weighted by atomic mass is 32.1. The quantitative estimate of drug-likeness (QED) is 0.783. The van der Waals surface area contributed by atoms with Crippen molar-refractivity contribution in [2.24, 2.45) is 0 Å². The van der Waals surface area contributed by atoms with Crippen molar-refractivity contribution in [2.45, 2.75) is 19.4 Å². The molecular formula is C14H13NO2S. The number of aryl methyl sites for hydroxylation is 1. The first-order valence-electron chi connectivity index (χ1n) is 5.79. The summed E-state index contributed by atoms with van der Waals surface area (Å²) in [6, 6.07) is 7.89. The molecule has 0 saturated carbocycles. The Morgan fingerprint density at radius 1 is 1.39 bits per heavy atom. The minimum absolute atomic E-state index is 0.496. The predicted octanol–water partition coefficient (Wildman–Crippen LogP) is 3.47. The third-order valence-electron chi connectivity index (χ3n) is 2.87. The summed E-state index contributed by atoms with van der Waals surface area (Å²) in [5, 5.41) is 14.0. The fourth-order valence-corrected chi connectivity index (χ4v) is 2.62. The zero-order valence-electron chi connectivity index (χ0n) is 9.96. The van der Waals surface area contributed by atoms with Gasteiger partial charge in [0.15, 0.2) is 0 Å². The van der Waals surface area contributed by atoms with Crippen LogP contribution in [0.4, 0.5) is 0 Å². The van der Waals surface area contributed by atoms with Gasteiger partial charge in [-0.15, -0.1) is 11.3 Å². The minimum atomic E-state index is -0.635. The van der Waals surface area contributed by atoms with Crippen molar-refractivity contribution in [3.8, 4) is 0 Å². The zero-order chi connectivity index (χ0) is 12.5. The van der Waals surface area contributed by atoms with E-state index in [0.717, 1.165) is 16.0 Å². The van der Waals surface area contributed by atoms with Crippen LogP contribution in [0.3, 0.4) is 0 Å². The van der Waals surface area contributed by atoms with Crippen LogP contribution in [-0.4, -0.2) is 10.1 Å². The van der Waals surface area contributed by atoms with Crippen molar-refractivity contribution in [3.63, 3.8) is 0 Å². The van der Waals surface area contributed by atoms with Gasteiger partial charge in [0.2, 0.25) is 0 Å². The van der Waals surface area contributed by atoms with Gasteiger partial charge in [-0.25, -0.2) is 4.98 Å². The van der Waals surface area contributed by atoms with E-state index in [1.54, 1.807) is 17.5 Å². The van der Waals surface area contributed by atoms with Crippen molar-refractivity contribution in [2.75, 3.05) is 0 Å². The molecule has 1 unspecified atom stereocenters. The van der Waals surface area contributed by atoms with Crippen LogP contribution in [0.25, 0.3) is 11.0 Å². The molecular weight excluding hydrogens is 246 g/mol. The number of aliphatic hydroxyl groups excluding tert-OH is 1. The van der Waals surface area contributed by atoms with E-state index in [4.69, 9.17) is 4.42 Å². The minimum Gasteiger partial charge on any atom is -0.458 e. The second-order valence-electron chi connectivity index (χ2n) is 4.34. The van der Waals surface area contributed by atoms with Crippen LogP contribution in [0, 0.1) is 6.92 Å². The van der Waals surface area contributed by atoms with E-state index in [0.29, 0.717) is 12.2 Å². The molecule has 3 nitrogen and oxygen atoms in total. The normalized spacial score (nSPS) is 13.0. The Morgan fingerprint density at radius 3 is 3.06 bits per heavy atom. The monoisotopic (exact) mass is 259 g/mol. The van der Waals surface area contributed by atoms with Crippen LogP contribution < -0.4 is 0 Å². The maximum atomic E-state index is 10.1. The van der Waals surface area contributed by atoms with Crippen molar-refractivity contribution in [1.82, 2.24) is 4.98 Å². The van der Waals surface area contributed by atoms with Gasteiger partial charge in [-0.1, -0.05) is 11.6 Å². The fourth-order valence-electron chi connectivity index (χ4n) is 1.97. The summed E-state index contributed by atoms with van der Waals surface area (Å²) in [6.07, 6.45) is 1.61. The topological polar surface area (TPSA) is 46.3 Å².